The van der Waals surface area contributed by atoms with Gasteiger partial charge < -0.3 is 4.74 Å². The molecule has 3 aromatic rings. The molecule has 0 fully saturated rings. The van der Waals surface area contributed by atoms with E-state index >= 15 is 0 Å². The van der Waals surface area contributed by atoms with Gasteiger partial charge in [-0.25, -0.2) is 4.79 Å². The smallest absolute Gasteiger partial charge is 0.360 e. The van der Waals surface area contributed by atoms with Crippen molar-refractivity contribution >= 4 is 16.9 Å². The van der Waals surface area contributed by atoms with Gasteiger partial charge in [-0.3, -0.25) is 4.68 Å². The van der Waals surface area contributed by atoms with Crippen LogP contribution in [-0.4, -0.2) is 15.7 Å². The third-order valence-electron chi connectivity index (χ3n) is 4.64. The summed E-state index contributed by atoms with van der Waals surface area (Å²) in [5, 5.41) is 5.43. The first kappa shape index (κ1) is 18.2. The molecule has 0 spiro atoms. The minimum Gasteiger partial charge on any atom is -0.450 e. The molecule has 0 radical (unpaired) electrons. The summed E-state index contributed by atoms with van der Waals surface area (Å²) in [6, 6.07) is 17.6. The van der Waals surface area contributed by atoms with Crippen molar-refractivity contribution in [2.75, 3.05) is 0 Å². The number of benzene rings is 2. The Kier molecular flexibility index (Phi) is 5.40. The number of carbonyl (C=O) groups excluding carboxylic acids is 1. The molecule has 0 aliphatic heterocycles. The molecule has 2 aromatic carbocycles. The van der Waals surface area contributed by atoms with Crippen molar-refractivity contribution in [3.05, 3.63) is 65.9 Å². The minimum absolute atomic E-state index is 0.385. The molecule has 0 unspecified atom stereocenters. The van der Waals surface area contributed by atoms with Gasteiger partial charge in [0, 0.05) is 11.9 Å². The highest BCUT2D eigenvalue weighted by atomic mass is 16.6. The van der Waals surface area contributed by atoms with Gasteiger partial charge in [0.1, 0.15) is 5.60 Å². The van der Waals surface area contributed by atoms with Crippen LogP contribution in [0.15, 0.2) is 54.6 Å². The van der Waals surface area contributed by atoms with Gasteiger partial charge in [0.25, 0.3) is 0 Å². The number of esters is 1. The van der Waals surface area contributed by atoms with E-state index in [1.165, 1.54) is 0 Å². The maximum absolute atomic E-state index is 12.9. The fourth-order valence-electron chi connectivity index (χ4n) is 3.14. The zero-order chi connectivity index (χ0) is 18.6. The van der Waals surface area contributed by atoms with Crippen LogP contribution in [0.1, 0.15) is 56.1 Å². The third kappa shape index (κ3) is 3.79. The lowest BCUT2D eigenvalue weighted by atomic mass is 9.98. The van der Waals surface area contributed by atoms with Crippen molar-refractivity contribution in [1.29, 1.82) is 0 Å². The van der Waals surface area contributed by atoms with E-state index in [-0.39, 0.29) is 5.97 Å². The van der Waals surface area contributed by atoms with Crippen molar-refractivity contribution in [1.82, 2.24) is 9.78 Å². The number of nitrogens with zero attached hydrogens (tertiary/aromatic N) is 2. The molecular formula is C22H26N2O2. The van der Waals surface area contributed by atoms with Gasteiger partial charge in [0.2, 0.25) is 0 Å². The van der Waals surface area contributed by atoms with Crippen molar-refractivity contribution < 1.29 is 9.53 Å². The van der Waals surface area contributed by atoms with Crippen LogP contribution >= 0.6 is 0 Å². The second-order valence-corrected chi connectivity index (χ2v) is 7.06. The highest BCUT2D eigenvalue weighted by Gasteiger charge is 2.28. The normalized spacial score (nSPS) is 11.7. The molecule has 136 valence electrons. The molecule has 0 bridgehead atoms. The van der Waals surface area contributed by atoms with E-state index in [2.05, 4.69) is 12.0 Å². The summed E-state index contributed by atoms with van der Waals surface area (Å²) in [6.07, 6.45) is 3.35. The van der Waals surface area contributed by atoms with Crippen LogP contribution in [0.3, 0.4) is 0 Å². The van der Waals surface area contributed by atoms with E-state index in [0.717, 1.165) is 42.3 Å². The highest BCUT2D eigenvalue weighted by Crippen LogP contribution is 2.27. The number of fused-ring (bicyclic) bond motifs is 1. The molecule has 0 aliphatic rings. The van der Waals surface area contributed by atoms with E-state index in [9.17, 15) is 4.79 Å². The van der Waals surface area contributed by atoms with E-state index in [1.807, 2.05) is 73.1 Å². The van der Waals surface area contributed by atoms with Gasteiger partial charge in [-0.05, 0) is 31.9 Å². The van der Waals surface area contributed by atoms with Gasteiger partial charge in [0.05, 0.1) is 5.52 Å². The Bertz CT molecular complexity index is 882. The molecule has 4 nitrogen and oxygen atoms in total. The van der Waals surface area contributed by atoms with Gasteiger partial charge in [-0.15, -0.1) is 0 Å². The standard InChI is InChI=1S/C22H26N2O2/c1-4-5-11-16-24-19-15-10-9-14-18(19)20(23-24)21(25)26-22(2,3)17-12-7-6-8-13-17/h6-10,12-15H,4-5,11,16H2,1-3H3. The largest absolute Gasteiger partial charge is 0.450 e. The molecule has 1 aromatic heterocycles. The Hall–Kier alpha value is -2.62. The number of unbranched alkanes of at least 4 members (excludes halogenated alkanes) is 2. The maximum Gasteiger partial charge on any atom is 0.360 e. The molecule has 1 heterocycles. The second-order valence-electron chi connectivity index (χ2n) is 7.06. The third-order valence-corrected chi connectivity index (χ3v) is 4.64. The fourth-order valence-corrected chi connectivity index (χ4v) is 3.14. The topological polar surface area (TPSA) is 44.1 Å². The highest BCUT2D eigenvalue weighted by molar-refractivity contribution is 6.02. The summed E-state index contributed by atoms with van der Waals surface area (Å²) >= 11 is 0. The first-order valence-electron chi connectivity index (χ1n) is 9.27. The molecule has 0 aliphatic carbocycles. The molecule has 0 amide bonds. The summed E-state index contributed by atoms with van der Waals surface area (Å²) in [5.74, 6) is -0.385. The number of rotatable bonds is 7. The summed E-state index contributed by atoms with van der Waals surface area (Å²) in [7, 11) is 0. The fraction of sp³-hybridized carbons (Fsp3) is 0.364. The van der Waals surface area contributed by atoms with Crippen molar-refractivity contribution in [2.24, 2.45) is 0 Å². The SMILES string of the molecule is CCCCCn1nc(C(=O)OC(C)(C)c2ccccc2)c2ccccc21. The van der Waals surface area contributed by atoms with Gasteiger partial charge in [0.15, 0.2) is 5.69 Å². The molecule has 4 heteroatoms. The molecule has 0 saturated heterocycles. The van der Waals surface area contributed by atoms with Crippen LogP contribution in [0.5, 0.6) is 0 Å². The molecule has 3 rings (SSSR count). The first-order chi connectivity index (χ1) is 12.5. The first-order valence-corrected chi connectivity index (χ1v) is 9.27. The van der Waals surface area contributed by atoms with Gasteiger partial charge in [-0.2, -0.15) is 5.10 Å². The lowest BCUT2D eigenvalue weighted by Gasteiger charge is -2.25. The zero-order valence-electron chi connectivity index (χ0n) is 15.7. The monoisotopic (exact) mass is 350 g/mol. The zero-order valence-corrected chi connectivity index (χ0v) is 15.7. The van der Waals surface area contributed by atoms with Crippen LogP contribution in [0, 0.1) is 0 Å². The Labute approximate surface area is 154 Å². The van der Waals surface area contributed by atoms with E-state index in [0.29, 0.717) is 5.69 Å². The van der Waals surface area contributed by atoms with Crippen molar-refractivity contribution in [3.63, 3.8) is 0 Å². The predicted molar refractivity (Wildman–Crippen MR) is 104 cm³/mol. The molecule has 26 heavy (non-hydrogen) atoms. The lowest BCUT2D eigenvalue weighted by molar-refractivity contribution is -0.00365. The van der Waals surface area contributed by atoms with Crippen LogP contribution in [0.25, 0.3) is 10.9 Å². The summed E-state index contributed by atoms with van der Waals surface area (Å²) in [6.45, 7) is 6.79. The van der Waals surface area contributed by atoms with Crippen molar-refractivity contribution in [2.45, 2.75) is 52.2 Å². The molecule has 0 atom stereocenters. The van der Waals surface area contributed by atoms with Crippen molar-refractivity contribution in [3.8, 4) is 0 Å². The number of aryl methyl sites for hydroxylation is 1. The summed E-state index contributed by atoms with van der Waals surface area (Å²) < 4.78 is 7.77. The van der Waals surface area contributed by atoms with E-state index < -0.39 is 5.60 Å². The average Bonchev–Trinajstić information content (AvgIpc) is 3.02. The second kappa shape index (κ2) is 7.73. The Morgan fingerprint density at radius 3 is 2.46 bits per heavy atom. The predicted octanol–water partition coefficient (Wildman–Crippen LogP) is 5.32. The van der Waals surface area contributed by atoms with Gasteiger partial charge >= 0.3 is 5.97 Å². The van der Waals surface area contributed by atoms with Crippen LogP contribution in [-0.2, 0) is 16.9 Å². The number of hydrogen-bond acceptors (Lipinski definition) is 3. The van der Waals surface area contributed by atoms with Crippen LogP contribution in [0.4, 0.5) is 0 Å². The Balaban J connectivity index is 1.88. The van der Waals surface area contributed by atoms with Gasteiger partial charge in [-0.1, -0.05) is 68.3 Å². The Morgan fingerprint density at radius 1 is 1.04 bits per heavy atom. The number of aromatic nitrogens is 2. The molecule has 0 N–H and O–H groups in total. The lowest BCUT2D eigenvalue weighted by Crippen LogP contribution is -2.26. The minimum atomic E-state index is -0.717. The number of ether oxygens (including phenoxy) is 1. The molecule has 0 saturated carbocycles. The quantitative estimate of drug-likeness (QED) is 0.428. The van der Waals surface area contributed by atoms with E-state index in [4.69, 9.17) is 4.74 Å². The molecular weight excluding hydrogens is 324 g/mol. The summed E-state index contributed by atoms with van der Waals surface area (Å²) in [5.41, 5.74) is 1.61. The number of carbonyl (C=O) groups is 1. The maximum atomic E-state index is 12.9. The van der Waals surface area contributed by atoms with E-state index in [1.54, 1.807) is 0 Å². The summed E-state index contributed by atoms with van der Waals surface area (Å²) in [4.78, 5) is 12.9. The number of hydrogen-bond donors (Lipinski definition) is 0. The van der Waals surface area contributed by atoms with Crippen LogP contribution in [0.2, 0.25) is 0 Å². The number of para-hydroxylation sites is 1. The Morgan fingerprint density at radius 2 is 1.73 bits per heavy atom. The van der Waals surface area contributed by atoms with Crippen LogP contribution < -0.4 is 0 Å². The average molecular weight is 350 g/mol.